The van der Waals surface area contributed by atoms with Gasteiger partial charge in [-0.15, -0.1) is 0 Å². The lowest BCUT2D eigenvalue weighted by Crippen LogP contribution is -2.48. The van der Waals surface area contributed by atoms with Crippen LogP contribution in [0.5, 0.6) is 5.75 Å². The number of hydrogen-bond acceptors (Lipinski definition) is 7. The van der Waals surface area contributed by atoms with Gasteiger partial charge in [0.1, 0.15) is 24.0 Å². The third-order valence-electron chi connectivity index (χ3n) is 4.96. The number of esters is 1. The smallest absolute Gasteiger partial charge is 0.329 e. The average Bonchev–Trinajstić information content (AvgIpc) is 2.77. The molecule has 0 aliphatic rings. The summed E-state index contributed by atoms with van der Waals surface area (Å²) in [4.78, 5) is 29.4. The number of aliphatic imine (C=N–C) groups is 1. The molecule has 1 aromatic carbocycles. The number of nitrogens with zero attached hydrogens (tertiary/aromatic N) is 1. The Labute approximate surface area is 196 Å². The Bertz CT molecular complexity index is 861. The molecule has 0 heterocycles. The van der Waals surface area contributed by atoms with Crippen molar-refractivity contribution in [3.8, 4) is 5.75 Å². The molecule has 0 radical (unpaired) electrons. The first-order chi connectivity index (χ1) is 15.6. The standard InChI is InChI=1S/C25H36N2O6/c1-9-19(31-8)22(28)21(26-7)24(29)27-20(15(2)3)25(30)32-17(6)23(16(4)5)33-18-13-11-10-12-14-18/h9-17,20,23,28H,7H2,1-6,8H3,(H,27,29)/b19-9+,22-21+/t17-,20-,23+/m0/s1. The van der Waals surface area contributed by atoms with E-state index in [0.717, 1.165) is 0 Å². The molecular formula is C25H36N2O6. The second-order valence-electron chi connectivity index (χ2n) is 8.19. The Morgan fingerprint density at radius 2 is 1.70 bits per heavy atom. The molecule has 8 nitrogen and oxygen atoms in total. The summed E-state index contributed by atoms with van der Waals surface area (Å²) in [6.45, 7) is 14.2. The van der Waals surface area contributed by atoms with Crippen LogP contribution in [0, 0.1) is 11.8 Å². The number of carbonyl (C=O) groups excluding carboxylic acids is 2. The number of para-hydroxylation sites is 1. The highest BCUT2D eigenvalue weighted by atomic mass is 16.6. The molecule has 0 aliphatic carbocycles. The quantitative estimate of drug-likeness (QED) is 0.159. The highest BCUT2D eigenvalue weighted by Crippen LogP contribution is 2.21. The fraction of sp³-hybridized carbons (Fsp3) is 0.480. The number of carbonyl (C=O) groups is 2. The van der Waals surface area contributed by atoms with Gasteiger partial charge in [-0.2, -0.15) is 0 Å². The topological polar surface area (TPSA) is 106 Å². The van der Waals surface area contributed by atoms with Crippen molar-refractivity contribution in [2.45, 2.75) is 59.8 Å². The molecule has 0 aromatic heterocycles. The minimum atomic E-state index is -0.981. The first kappa shape index (κ1) is 27.7. The zero-order chi connectivity index (χ0) is 25.1. The summed E-state index contributed by atoms with van der Waals surface area (Å²) in [6, 6.07) is 8.31. The molecule has 3 atom stereocenters. The molecule has 0 unspecified atom stereocenters. The van der Waals surface area contributed by atoms with Crippen LogP contribution in [0.3, 0.4) is 0 Å². The number of allylic oxidation sites excluding steroid dienone is 1. The fourth-order valence-corrected chi connectivity index (χ4v) is 3.18. The van der Waals surface area contributed by atoms with Crippen LogP contribution in [0.2, 0.25) is 0 Å². The summed E-state index contributed by atoms with van der Waals surface area (Å²) in [5.74, 6) is -1.37. The van der Waals surface area contributed by atoms with E-state index in [1.54, 1.807) is 27.7 Å². The summed E-state index contributed by atoms with van der Waals surface area (Å²) >= 11 is 0. The molecule has 0 spiro atoms. The van der Waals surface area contributed by atoms with E-state index < -0.39 is 35.9 Å². The lowest BCUT2D eigenvalue weighted by Gasteiger charge is -2.30. The van der Waals surface area contributed by atoms with E-state index in [4.69, 9.17) is 14.2 Å². The largest absolute Gasteiger partial charge is 0.503 e. The minimum absolute atomic E-state index is 0.0580. The Balaban J connectivity index is 3.02. The first-order valence-electron chi connectivity index (χ1n) is 10.9. The van der Waals surface area contributed by atoms with Gasteiger partial charge < -0.3 is 24.6 Å². The van der Waals surface area contributed by atoms with Gasteiger partial charge >= 0.3 is 5.97 Å². The third kappa shape index (κ3) is 7.97. The van der Waals surface area contributed by atoms with E-state index in [1.165, 1.54) is 13.2 Å². The molecular weight excluding hydrogens is 424 g/mol. The lowest BCUT2D eigenvalue weighted by atomic mass is 10.0. The van der Waals surface area contributed by atoms with E-state index in [-0.39, 0.29) is 23.3 Å². The van der Waals surface area contributed by atoms with Gasteiger partial charge in [0.15, 0.2) is 17.2 Å². The maximum atomic E-state index is 13.0. The highest BCUT2D eigenvalue weighted by Gasteiger charge is 2.33. The van der Waals surface area contributed by atoms with Crippen LogP contribution in [0.4, 0.5) is 0 Å². The number of hydrogen-bond donors (Lipinski definition) is 2. The fourth-order valence-electron chi connectivity index (χ4n) is 3.18. The predicted octanol–water partition coefficient (Wildman–Crippen LogP) is 4.18. The second kappa shape index (κ2) is 13.3. The van der Waals surface area contributed by atoms with Gasteiger partial charge in [-0.05, 0) is 50.6 Å². The van der Waals surface area contributed by atoms with Crippen molar-refractivity contribution in [1.82, 2.24) is 5.32 Å². The monoisotopic (exact) mass is 460 g/mol. The summed E-state index contributed by atoms with van der Waals surface area (Å²) in [5, 5.41) is 12.9. The number of rotatable bonds is 12. The first-order valence-corrected chi connectivity index (χ1v) is 10.9. The molecule has 8 heteroatoms. The van der Waals surface area contributed by atoms with Gasteiger partial charge in [0.2, 0.25) is 0 Å². The number of benzene rings is 1. The van der Waals surface area contributed by atoms with Crippen molar-refractivity contribution >= 4 is 18.6 Å². The maximum absolute atomic E-state index is 13.0. The Kier molecular flexibility index (Phi) is 11.2. The Morgan fingerprint density at radius 1 is 1.09 bits per heavy atom. The van der Waals surface area contributed by atoms with E-state index in [2.05, 4.69) is 17.0 Å². The summed E-state index contributed by atoms with van der Waals surface area (Å²) in [5.41, 5.74) is -0.357. The number of methoxy groups -OCH3 is 1. The van der Waals surface area contributed by atoms with Gasteiger partial charge in [-0.25, -0.2) is 4.79 Å². The van der Waals surface area contributed by atoms with Crippen LogP contribution in [0.15, 0.2) is 58.6 Å². The third-order valence-corrected chi connectivity index (χ3v) is 4.96. The number of aliphatic hydroxyl groups is 1. The lowest BCUT2D eigenvalue weighted by molar-refractivity contribution is -0.158. The van der Waals surface area contributed by atoms with Crippen LogP contribution < -0.4 is 10.1 Å². The number of nitrogens with one attached hydrogen (secondary N) is 1. The van der Waals surface area contributed by atoms with Gasteiger partial charge in [0.05, 0.1) is 7.11 Å². The van der Waals surface area contributed by atoms with Crippen LogP contribution >= 0.6 is 0 Å². The molecule has 0 aliphatic heterocycles. The van der Waals surface area contributed by atoms with Gasteiger partial charge in [0, 0.05) is 0 Å². The molecule has 0 saturated carbocycles. The van der Waals surface area contributed by atoms with Crippen molar-refractivity contribution in [3.63, 3.8) is 0 Å². The number of aliphatic hydroxyl groups excluding tert-OH is 1. The normalized spacial score (nSPS) is 15.2. The zero-order valence-corrected chi connectivity index (χ0v) is 20.5. The molecule has 2 N–H and O–H groups in total. The summed E-state index contributed by atoms with van der Waals surface area (Å²) in [6.07, 6.45) is 0.496. The molecule has 0 saturated heterocycles. The van der Waals surface area contributed by atoms with Crippen molar-refractivity contribution in [1.29, 1.82) is 0 Å². The molecule has 0 fully saturated rings. The number of ether oxygens (including phenoxy) is 3. The SMILES string of the molecule is C=N/C(C(=O)N[C@H](C(=O)O[C@@H](C)[C@H](Oc1ccccc1)C(C)C)C(C)C)=C(O)\C(=C/C)OC. The molecule has 33 heavy (non-hydrogen) atoms. The van der Waals surface area contributed by atoms with E-state index in [9.17, 15) is 14.7 Å². The molecule has 1 rings (SSSR count). The Morgan fingerprint density at radius 3 is 2.15 bits per heavy atom. The average molecular weight is 461 g/mol. The molecule has 0 bridgehead atoms. The van der Waals surface area contributed by atoms with Gasteiger partial charge in [-0.1, -0.05) is 45.9 Å². The van der Waals surface area contributed by atoms with Crippen molar-refractivity contribution in [2.24, 2.45) is 16.8 Å². The molecule has 1 aromatic rings. The summed E-state index contributed by atoms with van der Waals surface area (Å²) < 4.78 is 16.8. The number of amides is 1. The molecule has 1 amide bonds. The van der Waals surface area contributed by atoms with Crippen LogP contribution in [-0.2, 0) is 19.1 Å². The van der Waals surface area contributed by atoms with Crippen LogP contribution in [-0.4, -0.2) is 49.1 Å². The van der Waals surface area contributed by atoms with Crippen LogP contribution in [0.25, 0.3) is 0 Å². The van der Waals surface area contributed by atoms with E-state index in [1.807, 2.05) is 44.2 Å². The van der Waals surface area contributed by atoms with Crippen molar-refractivity contribution in [3.05, 3.63) is 53.6 Å². The highest BCUT2D eigenvalue weighted by molar-refractivity contribution is 5.97. The predicted molar refractivity (Wildman–Crippen MR) is 128 cm³/mol. The van der Waals surface area contributed by atoms with Gasteiger partial charge in [0.25, 0.3) is 5.91 Å². The Hall–Kier alpha value is -3.29. The maximum Gasteiger partial charge on any atom is 0.329 e. The molecule has 182 valence electrons. The van der Waals surface area contributed by atoms with Gasteiger partial charge in [-0.3, -0.25) is 9.79 Å². The van der Waals surface area contributed by atoms with Crippen molar-refractivity contribution in [2.75, 3.05) is 7.11 Å². The zero-order valence-electron chi connectivity index (χ0n) is 20.5. The van der Waals surface area contributed by atoms with E-state index in [0.29, 0.717) is 5.75 Å². The second-order valence-corrected chi connectivity index (χ2v) is 8.19. The summed E-state index contributed by atoms with van der Waals surface area (Å²) in [7, 11) is 1.35. The van der Waals surface area contributed by atoms with Crippen molar-refractivity contribution < 1.29 is 28.9 Å². The minimum Gasteiger partial charge on any atom is -0.503 e. The van der Waals surface area contributed by atoms with E-state index >= 15 is 0 Å². The van der Waals surface area contributed by atoms with Crippen LogP contribution in [0.1, 0.15) is 41.5 Å².